The number of amides is 1. The highest BCUT2D eigenvalue weighted by Gasteiger charge is 2.33. The SMILES string of the molecule is CC[C@@H](C(=O)N1CCO[C@H](CC(=O)O)C1)c1cccc(C(F)(F)F)c1. The summed E-state index contributed by atoms with van der Waals surface area (Å²) in [5.41, 5.74) is -0.481. The second-order valence-electron chi connectivity index (χ2n) is 5.96. The predicted octanol–water partition coefficient (Wildman–Crippen LogP) is 2.90. The van der Waals surface area contributed by atoms with Crippen LogP contribution in [0.4, 0.5) is 13.2 Å². The molecule has 0 aliphatic carbocycles. The van der Waals surface area contributed by atoms with Crippen LogP contribution in [0.3, 0.4) is 0 Å². The molecule has 0 spiro atoms. The Hall–Kier alpha value is -2.09. The molecule has 1 heterocycles. The van der Waals surface area contributed by atoms with Crippen molar-refractivity contribution in [2.45, 2.75) is 38.0 Å². The highest BCUT2D eigenvalue weighted by atomic mass is 19.4. The van der Waals surface area contributed by atoms with Gasteiger partial charge in [0.05, 0.1) is 30.6 Å². The summed E-state index contributed by atoms with van der Waals surface area (Å²) in [4.78, 5) is 25.0. The zero-order valence-corrected chi connectivity index (χ0v) is 13.8. The molecule has 0 bridgehead atoms. The van der Waals surface area contributed by atoms with E-state index in [1.807, 2.05) is 0 Å². The third kappa shape index (κ3) is 4.94. The van der Waals surface area contributed by atoms with Crippen molar-refractivity contribution in [3.63, 3.8) is 0 Å². The summed E-state index contributed by atoms with van der Waals surface area (Å²) in [5.74, 6) is -2.03. The molecule has 0 unspecified atom stereocenters. The van der Waals surface area contributed by atoms with Gasteiger partial charge in [-0.2, -0.15) is 13.2 Å². The molecule has 1 aromatic rings. The molecule has 5 nitrogen and oxygen atoms in total. The van der Waals surface area contributed by atoms with Crippen LogP contribution in [0.15, 0.2) is 24.3 Å². The van der Waals surface area contributed by atoms with Gasteiger partial charge in [-0.3, -0.25) is 9.59 Å². The number of hydrogen-bond donors (Lipinski definition) is 1. The number of morpholine rings is 1. The van der Waals surface area contributed by atoms with Crippen LogP contribution in [0, 0.1) is 0 Å². The van der Waals surface area contributed by atoms with Gasteiger partial charge in [-0.05, 0) is 18.1 Å². The van der Waals surface area contributed by atoms with Gasteiger partial charge < -0.3 is 14.7 Å². The molecule has 2 rings (SSSR count). The van der Waals surface area contributed by atoms with Crippen molar-refractivity contribution in [3.05, 3.63) is 35.4 Å². The zero-order chi connectivity index (χ0) is 18.6. The second-order valence-corrected chi connectivity index (χ2v) is 5.96. The lowest BCUT2D eigenvalue weighted by molar-refractivity contribution is -0.148. The van der Waals surface area contributed by atoms with E-state index in [2.05, 4.69) is 0 Å². The van der Waals surface area contributed by atoms with E-state index in [1.54, 1.807) is 6.92 Å². The topological polar surface area (TPSA) is 66.8 Å². The minimum atomic E-state index is -4.47. The Labute approximate surface area is 143 Å². The van der Waals surface area contributed by atoms with Gasteiger partial charge in [0.15, 0.2) is 0 Å². The van der Waals surface area contributed by atoms with Crippen molar-refractivity contribution in [1.29, 1.82) is 0 Å². The summed E-state index contributed by atoms with van der Waals surface area (Å²) in [5, 5.41) is 8.84. The van der Waals surface area contributed by atoms with Crippen molar-refractivity contribution in [2.24, 2.45) is 0 Å². The molecular weight excluding hydrogens is 339 g/mol. The van der Waals surface area contributed by atoms with Gasteiger partial charge in [0.25, 0.3) is 0 Å². The first kappa shape index (κ1) is 19.2. The van der Waals surface area contributed by atoms with E-state index in [4.69, 9.17) is 9.84 Å². The first-order valence-corrected chi connectivity index (χ1v) is 8.01. The van der Waals surface area contributed by atoms with Gasteiger partial charge in [0, 0.05) is 13.1 Å². The third-order valence-corrected chi connectivity index (χ3v) is 4.18. The second kappa shape index (κ2) is 7.86. The molecule has 1 aliphatic heterocycles. The maximum atomic E-state index is 12.9. The fourth-order valence-corrected chi connectivity index (χ4v) is 2.94. The highest BCUT2D eigenvalue weighted by molar-refractivity contribution is 5.84. The lowest BCUT2D eigenvalue weighted by Crippen LogP contribution is -2.47. The summed E-state index contributed by atoms with van der Waals surface area (Å²) >= 11 is 0. The lowest BCUT2D eigenvalue weighted by Gasteiger charge is -2.34. The van der Waals surface area contributed by atoms with Crippen LogP contribution >= 0.6 is 0 Å². The maximum Gasteiger partial charge on any atom is 0.416 e. The monoisotopic (exact) mass is 359 g/mol. The Morgan fingerprint density at radius 2 is 2.12 bits per heavy atom. The van der Waals surface area contributed by atoms with Gasteiger partial charge in [0.1, 0.15) is 0 Å². The number of rotatable bonds is 5. The molecule has 1 fully saturated rings. The molecular formula is C17H20F3NO4. The van der Waals surface area contributed by atoms with Gasteiger partial charge in [-0.1, -0.05) is 25.1 Å². The van der Waals surface area contributed by atoms with Crippen molar-refractivity contribution in [3.8, 4) is 0 Å². The predicted molar refractivity (Wildman–Crippen MR) is 83.0 cm³/mol. The number of halogens is 3. The van der Waals surface area contributed by atoms with Crippen LogP contribution in [-0.4, -0.2) is 47.7 Å². The summed E-state index contributed by atoms with van der Waals surface area (Å²) in [7, 11) is 0. The molecule has 1 saturated heterocycles. The molecule has 1 amide bonds. The summed E-state index contributed by atoms with van der Waals surface area (Å²) in [6.45, 7) is 2.37. The van der Waals surface area contributed by atoms with E-state index in [-0.39, 0.29) is 25.5 Å². The number of alkyl halides is 3. The van der Waals surface area contributed by atoms with Crippen LogP contribution in [0.25, 0.3) is 0 Å². The fraction of sp³-hybridized carbons (Fsp3) is 0.529. The van der Waals surface area contributed by atoms with Crippen molar-refractivity contribution < 1.29 is 32.6 Å². The minimum Gasteiger partial charge on any atom is -0.481 e. The minimum absolute atomic E-state index is 0.126. The van der Waals surface area contributed by atoms with Crippen LogP contribution in [0.5, 0.6) is 0 Å². The van der Waals surface area contributed by atoms with Crippen molar-refractivity contribution in [2.75, 3.05) is 19.7 Å². The summed E-state index contributed by atoms with van der Waals surface area (Å²) < 4.78 is 44.0. The van der Waals surface area contributed by atoms with Gasteiger partial charge in [0.2, 0.25) is 5.91 Å². The molecule has 1 aliphatic rings. The first-order valence-electron chi connectivity index (χ1n) is 8.01. The number of nitrogens with zero attached hydrogens (tertiary/aromatic N) is 1. The van der Waals surface area contributed by atoms with Crippen LogP contribution in [0.2, 0.25) is 0 Å². The molecule has 25 heavy (non-hydrogen) atoms. The normalized spacial score (nSPS) is 19.5. The van der Waals surface area contributed by atoms with Crippen molar-refractivity contribution in [1.82, 2.24) is 4.90 Å². The van der Waals surface area contributed by atoms with Crippen molar-refractivity contribution >= 4 is 11.9 Å². The average Bonchev–Trinajstić information content (AvgIpc) is 2.54. The van der Waals surface area contributed by atoms with Crippen LogP contribution < -0.4 is 0 Å². The Morgan fingerprint density at radius 3 is 2.72 bits per heavy atom. The Morgan fingerprint density at radius 1 is 1.40 bits per heavy atom. The van der Waals surface area contributed by atoms with Gasteiger partial charge in [-0.25, -0.2) is 0 Å². The Bertz CT molecular complexity index is 633. The summed E-state index contributed by atoms with van der Waals surface area (Å²) in [6, 6.07) is 4.77. The standard InChI is InChI=1S/C17H20F3NO4/c1-2-14(11-4-3-5-12(8-11)17(18,19)20)16(24)21-6-7-25-13(10-21)9-15(22)23/h3-5,8,13-14H,2,6-7,9-10H2,1H3,(H,22,23)/t13-,14-/m1/s1. The molecule has 2 atom stereocenters. The molecule has 8 heteroatoms. The quantitative estimate of drug-likeness (QED) is 0.878. The Kier molecular flexibility index (Phi) is 6.05. The molecule has 1 aromatic carbocycles. The number of hydrogen-bond acceptors (Lipinski definition) is 3. The van der Waals surface area contributed by atoms with E-state index >= 15 is 0 Å². The third-order valence-electron chi connectivity index (χ3n) is 4.18. The number of ether oxygens (including phenoxy) is 1. The number of aliphatic carboxylic acids is 1. The van der Waals surface area contributed by atoms with E-state index in [0.717, 1.165) is 12.1 Å². The molecule has 0 aromatic heterocycles. The number of carbonyl (C=O) groups excluding carboxylic acids is 1. The fourth-order valence-electron chi connectivity index (χ4n) is 2.94. The summed E-state index contributed by atoms with van der Waals surface area (Å²) in [6.07, 6.45) is -4.94. The van der Waals surface area contributed by atoms with E-state index in [0.29, 0.717) is 18.5 Å². The van der Waals surface area contributed by atoms with Crippen LogP contribution in [-0.2, 0) is 20.5 Å². The van der Waals surface area contributed by atoms with Gasteiger partial charge in [-0.15, -0.1) is 0 Å². The van der Waals surface area contributed by atoms with E-state index in [9.17, 15) is 22.8 Å². The average molecular weight is 359 g/mol. The maximum absolute atomic E-state index is 12.9. The number of carboxylic acids is 1. The molecule has 0 saturated carbocycles. The number of benzene rings is 1. The molecule has 138 valence electrons. The number of carbonyl (C=O) groups is 2. The molecule has 0 radical (unpaired) electrons. The Balaban J connectivity index is 2.17. The number of carboxylic acid groups (broad SMARTS) is 1. The van der Waals surface area contributed by atoms with E-state index < -0.39 is 29.7 Å². The zero-order valence-electron chi connectivity index (χ0n) is 13.8. The first-order chi connectivity index (χ1) is 11.7. The van der Waals surface area contributed by atoms with Gasteiger partial charge >= 0.3 is 12.1 Å². The van der Waals surface area contributed by atoms with Crippen LogP contribution in [0.1, 0.15) is 36.8 Å². The lowest BCUT2D eigenvalue weighted by atomic mass is 9.93. The highest BCUT2D eigenvalue weighted by Crippen LogP contribution is 2.32. The smallest absolute Gasteiger partial charge is 0.416 e. The molecule has 1 N–H and O–H groups in total. The largest absolute Gasteiger partial charge is 0.481 e. The van der Waals surface area contributed by atoms with E-state index in [1.165, 1.54) is 17.0 Å².